The number of halogens is 1. The number of carbonyl (C=O) groups is 1. The molecule has 2 rings (SSSR count). The first kappa shape index (κ1) is 14.9. The van der Waals surface area contributed by atoms with E-state index >= 15 is 0 Å². The molecular formula is C14H18ClNO4. The highest BCUT2D eigenvalue weighted by Gasteiger charge is 2.23. The van der Waals surface area contributed by atoms with Crippen LogP contribution in [0.4, 0.5) is 0 Å². The van der Waals surface area contributed by atoms with Gasteiger partial charge < -0.3 is 20.3 Å². The maximum Gasteiger partial charge on any atom is 0.320 e. The minimum atomic E-state index is -1.05. The van der Waals surface area contributed by atoms with Crippen LogP contribution in [-0.4, -0.2) is 30.3 Å². The monoisotopic (exact) mass is 299 g/mol. The number of benzene rings is 1. The quantitative estimate of drug-likeness (QED) is 0.889. The average molecular weight is 300 g/mol. The highest BCUT2D eigenvalue weighted by atomic mass is 35.5. The van der Waals surface area contributed by atoms with Crippen LogP contribution in [0.25, 0.3) is 0 Å². The molecular weight excluding hydrogens is 282 g/mol. The van der Waals surface area contributed by atoms with Gasteiger partial charge in [0.1, 0.15) is 6.04 Å². The Bertz CT molecular complexity index is 518. The zero-order valence-corrected chi connectivity index (χ0v) is 12.1. The molecule has 110 valence electrons. The Kier molecular flexibility index (Phi) is 4.73. The van der Waals surface area contributed by atoms with Crippen molar-refractivity contribution in [3.8, 4) is 11.5 Å². The largest absolute Gasteiger partial charge is 0.489 e. The Labute approximate surface area is 122 Å². The highest BCUT2D eigenvalue weighted by Crippen LogP contribution is 2.40. The summed E-state index contributed by atoms with van der Waals surface area (Å²) < 4.78 is 11.4. The van der Waals surface area contributed by atoms with Gasteiger partial charge in [-0.05, 0) is 12.0 Å². The minimum Gasteiger partial charge on any atom is -0.489 e. The normalized spacial score (nSPS) is 15.6. The summed E-state index contributed by atoms with van der Waals surface area (Å²) in [4.78, 5) is 10.9. The third kappa shape index (κ3) is 2.99. The smallest absolute Gasteiger partial charge is 0.320 e. The van der Waals surface area contributed by atoms with Gasteiger partial charge in [0.15, 0.2) is 11.5 Å². The van der Waals surface area contributed by atoms with Crippen molar-refractivity contribution in [3.63, 3.8) is 0 Å². The van der Waals surface area contributed by atoms with E-state index < -0.39 is 12.0 Å². The number of ether oxygens (including phenoxy) is 2. The third-order valence-corrected chi connectivity index (χ3v) is 3.63. The summed E-state index contributed by atoms with van der Waals surface area (Å²) in [6.07, 6.45) is 1.65. The molecule has 20 heavy (non-hydrogen) atoms. The van der Waals surface area contributed by atoms with Gasteiger partial charge in [-0.2, -0.15) is 0 Å². The van der Waals surface area contributed by atoms with Crippen molar-refractivity contribution < 1.29 is 19.4 Å². The molecule has 1 aromatic carbocycles. The van der Waals surface area contributed by atoms with Crippen molar-refractivity contribution in [2.75, 3.05) is 13.2 Å². The molecule has 1 aliphatic rings. The molecule has 0 saturated carbocycles. The van der Waals surface area contributed by atoms with Crippen LogP contribution in [0.1, 0.15) is 24.5 Å². The summed E-state index contributed by atoms with van der Waals surface area (Å²) in [5.41, 5.74) is 7.23. The first-order chi connectivity index (χ1) is 9.54. The Hall–Kier alpha value is -1.46. The summed E-state index contributed by atoms with van der Waals surface area (Å²) in [7, 11) is 0. The van der Waals surface area contributed by atoms with E-state index in [0.29, 0.717) is 36.2 Å². The first-order valence-electron chi connectivity index (χ1n) is 6.62. The van der Waals surface area contributed by atoms with Gasteiger partial charge in [0.25, 0.3) is 0 Å². The lowest BCUT2D eigenvalue weighted by atomic mass is 9.97. The van der Waals surface area contributed by atoms with Crippen LogP contribution >= 0.6 is 11.6 Å². The number of carboxylic acid groups (broad SMARTS) is 1. The van der Waals surface area contributed by atoms with Crippen molar-refractivity contribution >= 4 is 17.6 Å². The molecule has 1 heterocycles. The van der Waals surface area contributed by atoms with Gasteiger partial charge in [0.05, 0.1) is 13.2 Å². The minimum absolute atomic E-state index is 0.175. The number of aliphatic carboxylic acids is 1. The van der Waals surface area contributed by atoms with Gasteiger partial charge in [-0.15, -0.1) is 0 Å². The number of hydrogen-bond acceptors (Lipinski definition) is 4. The maximum atomic E-state index is 10.9. The zero-order valence-electron chi connectivity index (χ0n) is 11.3. The Balaban J connectivity index is 2.45. The SMILES string of the molecule is CCc1c(CC(N)C(=O)O)c(Cl)cc2c1OCCCO2. The highest BCUT2D eigenvalue weighted by molar-refractivity contribution is 6.31. The van der Waals surface area contributed by atoms with Crippen LogP contribution in [-0.2, 0) is 17.6 Å². The van der Waals surface area contributed by atoms with Crippen molar-refractivity contribution in [2.24, 2.45) is 5.73 Å². The summed E-state index contributed by atoms with van der Waals surface area (Å²) in [6.45, 7) is 3.13. The molecule has 0 amide bonds. The van der Waals surface area contributed by atoms with Gasteiger partial charge in [-0.25, -0.2) is 0 Å². The fourth-order valence-corrected chi connectivity index (χ4v) is 2.57. The molecule has 1 aromatic rings. The number of fused-ring (bicyclic) bond motifs is 1. The van der Waals surface area contributed by atoms with Gasteiger partial charge in [0, 0.05) is 29.5 Å². The molecule has 0 fully saturated rings. The molecule has 1 unspecified atom stereocenters. The van der Waals surface area contributed by atoms with Gasteiger partial charge in [-0.1, -0.05) is 18.5 Å². The number of carboxylic acids is 1. The average Bonchev–Trinajstić information content (AvgIpc) is 2.64. The summed E-state index contributed by atoms with van der Waals surface area (Å²) >= 11 is 6.26. The molecule has 0 aliphatic carbocycles. The fourth-order valence-electron chi connectivity index (χ4n) is 2.28. The van der Waals surface area contributed by atoms with Crippen LogP contribution in [0.5, 0.6) is 11.5 Å². The second-order valence-electron chi connectivity index (χ2n) is 4.70. The van der Waals surface area contributed by atoms with E-state index in [9.17, 15) is 4.79 Å². The number of rotatable bonds is 4. The predicted molar refractivity (Wildman–Crippen MR) is 75.8 cm³/mol. The summed E-state index contributed by atoms with van der Waals surface area (Å²) in [6, 6.07) is 0.702. The van der Waals surface area contributed by atoms with E-state index in [-0.39, 0.29) is 6.42 Å². The van der Waals surface area contributed by atoms with Crippen molar-refractivity contribution in [1.29, 1.82) is 0 Å². The maximum absolute atomic E-state index is 10.9. The molecule has 5 nitrogen and oxygen atoms in total. The first-order valence-corrected chi connectivity index (χ1v) is 7.00. The second-order valence-corrected chi connectivity index (χ2v) is 5.10. The molecule has 0 saturated heterocycles. The van der Waals surface area contributed by atoms with Crippen LogP contribution in [0.3, 0.4) is 0 Å². The van der Waals surface area contributed by atoms with Crippen LogP contribution in [0.15, 0.2) is 6.07 Å². The summed E-state index contributed by atoms with van der Waals surface area (Å²) in [5.74, 6) is 0.245. The van der Waals surface area contributed by atoms with Crippen LogP contribution in [0.2, 0.25) is 5.02 Å². The van der Waals surface area contributed by atoms with E-state index in [2.05, 4.69) is 0 Å². The Morgan fingerprint density at radius 3 is 2.80 bits per heavy atom. The van der Waals surface area contributed by atoms with Crippen LogP contribution in [0, 0.1) is 0 Å². The molecule has 0 spiro atoms. The van der Waals surface area contributed by atoms with Crippen LogP contribution < -0.4 is 15.2 Å². The van der Waals surface area contributed by atoms with Crippen molar-refractivity contribution in [2.45, 2.75) is 32.2 Å². The molecule has 6 heteroatoms. The molecule has 0 bridgehead atoms. The topological polar surface area (TPSA) is 81.8 Å². The lowest BCUT2D eigenvalue weighted by Gasteiger charge is -2.18. The van der Waals surface area contributed by atoms with E-state index in [1.165, 1.54) is 0 Å². The fraction of sp³-hybridized carbons (Fsp3) is 0.500. The standard InChI is InChI=1S/C14H18ClNO4/c1-2-8-9(6-11(16)14(17)18)10(15)7-12-13(8)20-5-3-4-19-12/h7,11H,2-6,16H2,1H3,(H,17,18). The molecule has 1 atom stereocenters. The molecule has 0 aromatic heterocycles. The predicted octanol–water partition coefficient (Wildman–Crippen LogP) is 2.02. The summed E-state index contributed by atoms with van der Waals surface area (Å²) in [5, 5.41) is 9.43. The molecule has 0 radical (unpaired) electrons. The van der Waals surface area contributed by atoms with Crippen molar-refractivity contribution in [3.05, 3.63) is 22.2 Å². The Morgan fingerprint density at radius 1 is 1.45 bits per heavy atom. The van der Waals surface area contributed by atoms with E-state index in [4.69, 9.17) is 31.9 Å². The lowest BCUT2D eigenvalue weighted by molar-refractivity contribution is -0.138. The second kappa shape index (κ2) is 6.33. The van der Waals surface area contributed by atoms with Gasteiger partial charge in [0.2, 0.25) is 0 Å². The number of hydrogen-bond donors (Lipinski definition) is 2. The van der Waals surface area contributed by atoms with Crippen molar-refractivity contribution in [1.82, 2.24) is 0 Å². The zero-order chi connectivity index (χ0) is 14.7. The van der Waals surface area contributed by atoms with Gasteiger partial charge >= 0.3 is 5.97 Å². The molecule has 1 aliphatic heterocycles. The Morgan fingerprint density at radius 2 is 2.15 bits per heavy atom. The number of nitrogens with two attached hydrogens (primary N) is 1. The molecule has 3 N–H and O–H groups in total. The van der Waals surface area contributed by atoms with Gasteiger partial charge in [-0.3, -0.25) is 4.79 Å². The lowest BCUT2D eigenvalue weighted by Crippen LogP contribution is -2.32. The van der Waals surface area contributed by atoms with E-state index in [1.54, 1.807) is 6.07 Å². The third-order valence-electron chi connectivity index (χ3n) is 3.30. The van der Waals surface area contributed by atoms with E-state index in [1.807, 2.05) is 6.92 Å². The van der Waals surface area contributed by atoms with E-state index in [0.717, 1.165) is 17.5 Å².